The van der Waals surface area contributed by atoms with Crippen molar-refractivity contribution >= 4 is 21.9 Å². The second kappa shape index (κ2) is 8.56. The SMILES string of the molecule is CC(C)NC(=O)COC(=O)c1cc(S(=O)(=O)N2CCOCC2)ccc1F. The number of nitrogens with zero attached hydrogens (tertiary/aromatic N) is 1. The van der Waals surface area contributed by atoms with Crippen molar-refractivity contribution in [2.75, 3.05) is 32.9 Å². The van der Waals surface area contributed by atoms with Crippen molar-refractivity contribution in [3.05, 3.63) is 29.6 Å². The van der Waals surface area contributed by atoms with E-state index < -0.39 is 39.9 Å². The number of morpholine rings is 1. The predicted molar refractivity (Wildman–Crippen MR) is 89.5 cm³/mol. The van der Waals surface area contributed by atoms with Gasteiger partial charge in [0, 0.05) is 19.1 Å². The number of esters is 1. The van der Waals surface area contributed by atoms with Crippen LogP contribution in [-0.4, -0.2) is 63.6 Å². The number of carbonyl (C=O) groups excluding carboxylic acids is 2. The lowest BCUT2D eigenvalue weighted by atomic mass is 10.2. The van der Waals surface area contributed by atoms with Crippen LogP contribution in [0.3, 0.4) is 0 Å². The molecule has 1 heterocycles. The summed E-state index contributed by atoms with van der Waals surface area (Å²) in [5.74, 6) is -2.58. The molecule has 0 radical (unpaired) electrons. The molecule has 0 atom stereocenters. The second-order valence-corrected chi connectivity index (χ2v) is 7.89. The smallest absolute Gasteiger partial charge is 0.341 e. The van der Waals surface area contributed by atoms with Gasteiger partial charge in [-0.1, -0.05) is 0 Å². The Morgan fingerprint density at radius 1 is 1.31 bits per heavy atom. The number of ether oxygens (including phenoxy) is 2. The number of hydrogen-bond donors (Lipinski definition) is 1. The third kappa shape index (κ3) is 4.99. The minimum atomic E-state index is -3.88. The van der Waals surface area contributed by atoms with Crippen molar-refractivity contribution in [2.24, 2.45) is 0 Å². The van der Waals surface area contributed by atoms with E-state index >= 15 is 0 Å². The fraction of sp³-hybridized carbons (Fsp3) is 0.500. The lowest BCUT2D eigenvalue weighted by Gasteiger charge is -2.26. The Kier molecular flexibility index (Phi) is 6.68. The molecule has 144 valence electrons. The van der Waals surface area contributed by atoms with Crippen LogP contribution in [0.5, 0.6) is 0 Å². The number of sulfonamides is 1. The van der Waals surface area contributed by atoms with Gasteiger partial charge in [-0.25, -0.2) is 17.6 Å². The van der Waals surface area contributed by atoms with Crippen LogP contribution >= 0.6 is 0 Å². The van der Waals surface area contributed by atoms with Gasteiger partial charge >= 0.3 is 5.97 Å². The van der Waals surface area contributed by atoms with E-state index in [2.05, 4.69) is 5.32 Å². The van der Waals surface area contributed by atoms with Crippen LogP contribution in [0.1, 0.15) is 24.2 Å². The van der Waals surface area contributed by atoms with Crippen LogP contribution in [0, 0.1) is 5.82 Å². The van der Waals surface area contributed by atoms with Crippen LogP contribution in [-0.2, 0) is 24.3 Å². The molecule has 1 N–H and O–H groups in total. The molecule has 0 saturated carbocycles. The number of amides is 1. The summed E-state index contributed by atoms with van der Waals surface area (Å²) in [5, 5.41) is 2.52. The monoisotopic (exact) mass is 388 g/mol. The number of benzene rings is 1. The maximum atomic E-state index is 14.0. The molecule has 0 aliphatic carbocycles. The van der Waals surface area contributed by atoms with E-state index in [9.17, 15) is 22.4 Å². The van der Waals surface area contributed by atoms with E-state index in [0.717, 1.165) is 18.2 Å². The molecule has 0 unspecified atom stereocenters. The van der Waals surface area contributed by atoms with Gasteiger partial charge in [-0.3, -0.25) is 4.79 Å². The summed E-state index contributed by atoms with van der Waals surface area (Å²) in [7, 11) is -3.88. The molecule has 2 rings (SSSR count). The molecule has 0 spiro atoms. The zero-order valence-corrected chi connectivity index (χ0v) is 15.3. The van der Waals surface area contributed by atoms with Crippen molar-refractivity contribution in [3.63, 3.8) is 0 Å². The van der Waals surface area contributed by atoms with Crippen LogP contribution in [0.2, 0.25) is 0 Å². The Balaban J connectivity index is 2.16. The summed E-state index contributed by atoms with van der Waals surface area (Å²) in [4.78, 5) is 23.3. The number of hydrogen-bond acceptors (Lipinski definition) is 6. The minimum Gasteiger partial charge on any atom is -0.452 e. The Hall–Kier alpha value is -2.04. The van der Waals surface area contributed by atoms with E-state index in [1.807, 2.05) is 0 Å². The Morgan fingerprint density at radius 3 is 2.58 bits per heavy atom. The van der Waals surface area contributed by atoms with Crippen molar-refractivity contribution in [1.29, 1.82) is 0 Å². The van der Waals surface area contributed by atoms with E-state index in [4.69, 9.17) is 9.47 Å². The van der Waals surface area contributed by atoms with Crippen LogP contribution in [0.4, 0.5) is 4.39 Å². The van der Waals surface area contributed by atoms with Gasteiger partial charge in [0.1, 0.15) is 5.82 Å². The zero-order chi connectivity index (χ0) is 19.3. The lowest BCUT2D eigenvalue weighted by Crippen LogP contribution is -2.40. The molecule has 1 fully saturated rings. The van der Waals surface area contributed by atoms with Gasteiger partial charge in [-0.2, -0.15) is 4.31 Å². The van der Waals surface area contributed by atoms with E-state index in [0.29, 0.717) is 0 Å². The highest BCUT2D eigenvalue weighted by molar-refractivity contribution is 7.89. The molecular formula is C16H21FN2O6S. The predicted octanol–water partition coefficient (Wildman–Crippen LogP) is 0.528. The molecular weight excluding hydrogens is 367 g/mol. The van der Waals surface area contributed by atoms with Crippen LogP contribution in [0.15, 0.2) is 23.1 Å². The normalized spacial score (nSPS) is 15.7. The maximum Gasteiger partial charge on any atom is 0.341 e. The van der Waals surface area contributed by atoms with Gasteiger partial charge < -0.3 is 14.8 Å². The molecule has 0 bridgehead atoms. The highest BCUT2D eigenvalue weighted by atomic mass is 32.2. The highest BCUT2D eigenvalue weighted by Crippen LogP contribution is 2.20. The zero-order valence-electron chi connectivity index (χ0n) is 14.5. The first-order valence-electron chi connectivity index (χ1n) is 8.05. The lowest BCUT2D eigenvalue weighted by molar-refractivity contribution is -0.124. The third-order valence-electron chi connectivity index (χ3n) is 3.55. The molecule has 1 aliphatic heterocycles. The maximum absolute atomic E-state index is 14.0. The summed E-state index contributed by atoms with van der Waals surface area (Å²) < 4.78 is 50.2. The molecule has 8 nitrogen and oxygen atoms in total. The minimum absolute atomic E-state index is 0.139. The fourth-order valence-electron chi connectivity index (χ4n) is 2.33. The number of halogens is 1. The summed E-state index contributed by atoms with van der Waals surface area (Å²) in [6, 6.07) is 2.75. The Morgan fingerprint density at radius 2 is 1.96 bits per heavy atom. The van der Waals surface area contributed by atoms with Gasteiger partial charge in [0.05, 0.1) is 23.7 Å². The van der Waals surface area contributed by atoms with Gasteiger partial charge in [0.15, 0.2) is 6.61 Å². The van der Waals surface area contributed by atoms with Crippen molar-refractivity contribution < 1.29 is 31.9 Å². The summed E-state index contributed by atoms with van der Waals surface area (Å²) in [5.41, 5.74) is -0.545. The first-order chi connectivity index (χ1) is 12.2. The summed E-state index contributed by atoms with van der Waals surface area (Å²) in [6.45, 7) is 3.76. The second-order valence-electron chi connectivity index (χ2n) is 5.96. The van der Waals surface area contributed by atoms with Crippen LogP contribution < -0.4 is 5.32 Å². The molecule has 1 aliphatic rings. The van der Waals surface area contributed by atoms with Crippen molar-refractivity contribution in [2.45, 2.75) is 24.8 Å². The summed E-state index contributed by atoms with van der Waals surface area (Å²) >= 11 is 0. The molecule has 1 amide bonds. The first-order valence-corrected chi connectivity index (χ1v) is 9.49. The van der Waals surface area contributed by atoms with Gasteiger partial charge in [0.25, 0.3) is 5.91 Å². The Labute approximate surface area is 151 Å². The van der Waals surface area contributed by atoms with E-state index in [1.54, 1.807) is 13.8 Å². The average Bonchev–Trinajstić information content (AvgIpc) is 2.60. The quantitative estimate of drug-likeness (QED) is 0.713. The molecule has 10 heteroatoms. The molecule has 1 aromatic rings. The largest absolute Gasteiger partial charge is 0.452 e. The van der Waals surface area contributed by atoms with Crippen LogP contribution in [0.25, 0.3) is 0 Å². The van der Waals surface area contributed by atoms with Gasteiger partial charge in [-0.05, 0) is 32.0 Å². The Bertz CT molecular complexity index is 775. The first kappa shape index (κ1) is 20.3. The van der Waals surface area contributed by atoms with E-state index in [-0.39, 0.29) is 37.2 Å². The standard InChI is InChI=1S/C16H21FN2O6S/c1-11(2)18-15(20)10-25-16(21)13-9-12(3-4-14(13)17)26(22,23)19-5-7-24-8-6-19/h3-4,9,11H,5-8,10H2,1-2H3,(H,18,20). The van der Waals surface area contributed by atoms with E-state index in [1.165, 1.54) is 4.31 Å². The molecule has 1 saturated heterocycles. The number of nitrogens with one attached hydrogen (secondary N) is 1. The topological polar surface area (TPSA) is 102 Å². The molecule has 26 heavy (non-hydrogen) atoms. The summed E-state index contributed by atoms with van der Waals surface area (Å²) in [6.07, 6.45) is 0. The van der Waals surface area contributed by atoms with Crippen molar-refractivity contribution in [1.82, 2.24) is 9.62 Å². The van der Waals surface area contributed by atoms with Gasteiger partial charge in [0.2, 0.25) is 10.0 Å². The van der Waals surface area contributed by atoms with Gasteiger partial charge in [-0.15, -0.1) is 0 Å². The molecule has 0 aromatic heterocycles. The van der Waals surface area contributed by atoms with Crippen molar-refractivity contribution in [3.8, 4) is 0 Å². The number of carbonyl (C=O) groups is 2. The number of rotatable bonds is 6. The third-order valence-corrected chi connectivity index (χ3v) is 5.44. The average molecular weight is 388 g/mol. The molecule has 1 aromatic carbocycles. The highest BCUT2D eigenvalue weighted by Gasteiger charge is 2.28. The fourth-order valence-corrected chi connectivity index (χ4v) is 3.76.